The summed E-state index contributed by atoms with van der Waals surface area (Å²) in [4.78, 5) is 37.1. The van der Waals surface area contributed by atoms with E-state index in [9.17, 15) is 19.7 Å². The minimum atomic E-state index is -1.06. The number of hydrogen-bond donors (Lipinski definition) is 2. The molecule has 0 saturated carbocycles. The number of carboxylic acid groups (broad SMARTS) is 1. The number of carboxylic acids is 1. The number of non-ortho nitro benzene ring substituents is 1. The zero-order valence-electron chi connectivity index (χ0n) is 13.3. The van der Waals surface area contributed by atoms with Crippen LogP contribution in [0.4, 0.5) is 11.4 Å². The quantitative estimate of drug-likeness (QED) is 0.512. The highest BCUT2D eigenvalue weighted by Gasteiger charge is 2.16. The van der Waals surface area contributed by atoms with Crippen molar-refractivity contribution in [2.24, 2.45) is 0 Å². The maximum Gasteiger partial charge on any atom is 0.303 e. The van der Waals surface area contributed by atoms with Crippen molar-refractivity contribution in [3.05, 3.63) is 52.6 Å². The van der Waals surface area contributed by atoms with Crippen LogP contribution in [0, 0.1) is 10.1 Å². The van der Waals surface area contributed by atoms with Crippen molar-refractivity contribution in [2.75, 3.05) is 5.32 Å². The van der Waals surface area contributed by atoms with Gasteiger partial charge in [0, 0.05) is 12.5 Å². The van der Waals surface area contributed by atoms with E-state index in [1.165, 1.54) is 18.2 Å². The second kappa shape index (κ2) is 7.01. The third kappa shape index (κ3) is 3.66. The standard InChI is InChI=1S/C17H13N3O6/c21-15(7-8-16(22)23)18-12-4-2-1-3-11(12)17-19-13-6-5-10(20(24)25)9-14(13)26-17/h1-6,9H,7-8H2,(H,18,21)(H,22,23). The molecule has 0 aliphatic rings. The van der Waals surface area contributed by atoms with E-state index in [0.717, 1.165) is 0 Å². The molecule has 0 fully saturated rings. The molecule has 1 amide bonds. The number of carbonyl (C=O) groups is 2. The van der Waals surface area contributed by atoms with E-state index >= 15 is 0 Å². The largest absolute Gasteiger partial charge is 0.481 e. The molecule has 3 aromatic rings. The second-order valence-corrected chi connectivity index (χ2v) is 5.42. The van der Waals surface area contributed by atoms with Gasteiger partial charge < -0.3 is 14.8 Å². The number of nitro groups is 1. The molecule has 3 rings (SSSR count). The van der Waals surface area contributed by atoms with Gasteiger partial charge in [-0.2, -0.15) is 0 Å². The molecular weight excluding hydrogens is 342 g/mol. The number of oxazole rings is 1. The number of aliphatic carboxylic acids is 1. The Morgan fingerprint density at radius 2 is 1.96 bits per heavy atom. The number of nitro benzene ring substituents is 1. The number of para-hydroxylation sites is 1. The summed E-state index contributed by atoms with van der Waals surface area (Å²) < 4.78 is 5.60. The molecule has 0 spiro atoms. The summed E-state index contributed by atoms with van der Waals surface area (Å²) >= 11 is 0. The van der Waals surface area contributed by atoms with E-state index in [2.05, 4.69) is 10.3 Å². The molecule has 0 unspecified atom stereocenters. The summed E-state index contributed by atoms with van der Waals surface area (Å²) in [5.74, 6) is -1.32. The highest BCUT2D eigenvalue weighted by Crippen LogP contribution is 2.31. The fourth-order valence-corrected chi connectivity index (χ4v) is 2.35. The first-order valence-corrected chi connectivity index (χ1v) is 7.60. The van der Waals surface area contributed by atoms with Crippen molar-refractivity contribution in [3.8, 4) is 11.5 Å². The van der Waals surface area contributed by atoms with Crippen LogP contribution >= 0.6 is 0 Å². The normalized spacial score (nSPS) is 10.6. The van der Waals surface area contributed by atoms with E-state index in [-0.39, 0.29) is 30.0 Å². The Labute approximate surface area is 146 Å². The summed E-state index contributed by atoms with van der Waals surface area (Å²) in [6, 6.07) is 10.8. The van der Waals surface area contributed by atoms with Crippen LogP contribution in [0.5, 0.6) is 0 Å². The van der Waals surface area contributed by atoms with Crippen molar-refractivity contribution in [2.45, 2.75) is 12.8 Å². The molecule has 0 atom stereocenters. The van der Waals surface area contributed by atoms with Crippen molar-refractivity contribution in [1.29, 1.82) is 0 Å². The smallest absolute Gasteiger partial charge is 0.303 e. The minimum Gasteiger partial charge on any atom is -0.481 e. The Balaban J connectivity index is 1.92. The number of benzene rings is 2. The number of rotatable bonds is 6. The van der Waals surface area contributed by atoms with Gasteiger partial charge in [0.2, 0.25) is 11.8 Å². The van der Waals surface area contributed by atoms with Gasteiger partial charge in [0.05, 0.1) is 28.7 Å². The molecule has 0 radical (unpaired) electrons. The van der Waals surface area contributed by atoms with Crippen LogP contribution < -0.4 is 5.32 Å². The summed E-state index contributed by atoms with van der Waals surface area (Å²) in [7, 11) is 0. The first kappa shape index (κ1) is 17.1. The molecule has 1 aromatic heterocycles. The number of nitrogens with one attached hydrogen (secondary N) is 1. The number of fused-ring (bicyclic) bond motifs is 1. The summed E-state index contributed by atoms with van der Waals surface area (Å²) in [6.07, 6.45) is -0.440. The van der Waals surface area contributed by atoms with Crippen molar-refractivity contribution >= 4 is 34.4 Å². The topological polar surface area (TPSA) is 136 Å². The molecule has 9 nitrogen and oxygen atoms in total. The summed E-state index contributed by atoms with van der Waals surface area (Å²) in [5, 5.41) is 22.1. The number of carbonyl (C=O) groups excluding carboxylic acids is 1. The lowest BCUT2D eigenvalue weighted by Gasteiger charge is -2.08. The van der Waals surface area contributed by atoms with Gasteiger partial charge in [0.15, 0.2) is 5.58 Å². The highest BCUT2D eigenvalue weighted by atomic mass is 16.6. The molecule has 0 saturated heterocycles. The summed E-state index contributed by atoms with van der Waals surface area (Å²) in [6.45, 7) is 0. The monoisotopic (exact) mass is 355 g/mol. The predicted octanol–water partition coefficient (Wildman–Crippen LogP) is 3.21. The lowest BCUT2D eigenvalue weighted by Crippen LogP contribution is -2.13. The number of nitrogens with zero attached hydrogens (tertiary/aromatic N) is 2. The van der Waals surface area contributed by atoms with Crippen LogP contribution in [-0.4, -0.2) is 26.9 Å². The Hall–Kier alpha value is -3.75. The zero-order chi connectivity index (χ0) is 18.7. The van der Waals surface area contributed by atoms with Crippen LogP contribution in [0.1, 0.15) is 12.8 Å². The molecule has 0 aliphatic heterocycles. The van der Waals surface area contributed by atoms with Crippen LogP contribution in [0.15, 0.2) is 46.9 Å². The van der Waals surface area contributed by atoms with Crippen molar-refractivity contribution < 1.29 is 24.0 Å². The van der Waals surface area contributed by atoms with Gasteiger partial charge in [-0.1, -0.05) is 12.1 Å². The predicted molar refractivity (Wildman–Crippen MR) is 91.6 cm³/mol. The minimum absolute atomic E-state index is 0.115. The fraction of sp³-hybridized carbons (Fsp3) is 0.118. The number of hydrogen-bond acceptors (Lipinski definition) is 6. The number of aromatic nitrogens is 1. The fourth-order valence-electron chi connectivity index (χ4n) is 2.35. The van der Waals surface area contributed by atoms with Crippen molar-refractivity contribution in [3.63, 3.8) is 0 Å². The van der Waals surface area contributed by atoms with E-state index in [4.69, 9.17) is 9.52 Å². The SMILES string of the molecule is O=C(O)CCC(=O)Nc1ccccc1-c1nc2ccc([N+](=O)[O-])cc2o1. The van der Waals surface area contributed by atoms with Gasteiger partial charge in [0.1, 0.15) is 5.52 Å². The van der Waals surface area contributed by atoms with E-state index in [1.54, 1.807) is 24.3 Å². The lowest BCUT2D eigenvalue weighted by atomic mass is 10.1. The van der Waals surface area contributed by atoms with Gasteiger partial charge >= 0.3 is 5.97 Å². The Morgan fingerprint density at radius 3 is 2.69 bits per heavy atom. The average molecular weight is 355 g/mol. The Bertz CT molecular complexity index is 1010. The molecular formula is C17H13N3O6. The molecule has 1 heterocycles. The van der Waals surface area contributed by atoms with E-state index < -0.39 is 16.8 Å². The molecule has 0 aliphatic carbocycles. The van der Waals surface area contributed by atoms with E-state index in [1.807, 2.05) is 0 Å². The van der Waals surface area contributed by atoms with Gasteiger partial charge in [-0.05, 0) is 18.2 Å². The van der Waals surface area contributed by atoms with Crippen LogP contribution in [0.25, 0.3) is 22.6 Å². The average Bonchev–Trinajstić information content (AvgIpc) is 3.03. The van der Waals surface area contributed by atoms with Gasteiger partial charge in [0.25, 0.3) is 5.69 Å². The molecule has 0 bridgehead atoms. The van der Waals surface area contributed by atoms with Crippen LogP contribution in [-0.2, 0) is 9.59 Å². The number of anilines is 1. The first-order valence-electron chi connectivity index (χ1n) is 7.60. The number of amides is 1. The van der Waals surface area contributed by atoms with E-state index in [0.29, 0.717) is 16.8 Å². The molecule has 2 aromatic carbocycles. The van der Waals surface area contributed by atoms with Gasteiger partial charge in [-0.25, -0.2) is 4.98 Å². The highest BCUT2D eigenvalue weighted by molar-refractivity contribution is 5.96. The maximum absolute atomic E-state index is 11.9. The van der Waals surface area contributed by atoms with Crippen LogP contribution in [0.2, 0.25) is 0 Å². The molecule has 9 heteroatoms. The molecule has 132 valence electrons. The van der Waals surface area contributed by atoms with Gasteiger partial charge in [-0.15, -0.1) is 0 Å². The summed E-state index contributed by atoms with van der Waals surface area (Å²) in [5.41, 5.74) is 1.47. The zero-order valence-corrected chi connectivity index (χ0v) is 13.3. The molecule has 2 N–H and O–H groups in total. The van der Waals surface area contributed by atoms with Gasteiger partial charge in [-0.3, -0.25) is 19.7 Å². The lowest BCUT2D eigenvalue weighted by molar-refractivity contribution is -0.384. The Morgan fingerprint density at radius 1 is 1.19 bits per heavy atom. The second-order valence-electron chi connectivity index (χ2n) is 5.42. The third-order valence-corrected chi connectivity index (χ3v) is 3.58. The molecule has 26 heavy (non-hydrogen) atoms. The maximum atomic E-state index is 11.9. The van der Waals surface area contributed by atoms with Crippen LogP contribution in [0.3, 0.4) is 0 Å². The van der Waals surface area contributed by atoms with Crippen molar-refractivity contribution in [1.82, 2.24) is 4.98 Å². The first-order chi connectivity index (χ1) is 12.4. The third-order valence-electron chi connectivity index (χ3n) is 3.58. The Kier molecular flexibility index (Phi) is 4.61.